The highest BCUT2D eigenvalue weighted by Gasteiger charge is 2.25. The molecule has 0 saturated carbocycles. The molecule has 0 aliphatic carbocycles. The lowest BCUT2D eigenvalue weighted by Gasteiger charge is -2.35. The lowest BCUT2D eigenvalue weighted by molar-refractivity contribution is -0.133. The van der Waals surface area contributed by atoms with Gasteiger partial charge in [-0.05, 0) is 30.2 Å². The Morgan fingerprint density at radius 2 is 1.71 bits per heavy atom. The molecule has 2 heterocycles. The number of hydrogen-bond acceptors (Lipinski definition) is 5. The van der Waals surface area contributed by atoms with E-state index in [9.17, 15) is 9.59 Å². The molecule has 164 valence electrons. The van der Waals surface area contributed by atoms with E-state index in [1.54, 1.807) is 0 Å². The number of nitrogens with zero attached hydrogens (tertiary/aromatic N) is 2. The van der Waals surface area contributed by atoms with Gasteiger partial charge >= 0.3 is 0 Å². The van der Waals surface area contributed by atoms with Crippen LogP contribution >= 0.6 is 0 Å². The zero-order chi connectivity index (χ0) is 21.8. The Kier molecular flexibility index (Phi) is 6.42. The Hall–Kier alpha value is -3.06. The Bertz CT molecular complexity index is 936. The Morgan fingerprint density at radius 3 is 2.42 bits per heavy atom. The maximum atomic E-state index is 12.9. The monoisotopic (exact) mass is 423 g/mol. The highest BCUT2D eigenvalue weighted by molar-refractivity contribution is 5.79. The minimum Gasteiger partial charge on any atom is -0.454 e. The summed E-state index contributed by atoms with van der Waals surface area (Å²) in [4.78, 5) is 28.9. The summed E-state index contributed by atoms with van der Waals surface area (Å²) >= 11 is 0. The molecule has 2 amide bonds. The summed E-state index contributed by atoms with van der Waals surface area (Å²) in [5, 5.41) is 2.93. The van der Waals surface area contributed by atoms with Crippen LogP contribution in [0, 0.1) is 6.92 Å². The van der Waals surface area contributed by atoms with Crippen molar-refractivity contribution in [3.05, 3.63) is 59.2 Å². The van der Waals surface area contributed by atoms with Gasteiger partial charge in [0.2, 0.25) is 18.6 Å². The van der Waals surface area contributed by atoms with Crippen molar-refractivity contribution < 1.29 is 19.1 Å². The van der Waals surface area contributed by atoms with E-state index in [1.165, 1.54) is 12.5 Å². The molecule has 0 spiro atoms. The minimum atomic E-state index is -0.308. The van der Waals surface area contributed by atoms with E-state index in [-0.39, 0.29) is 31.1 Å². The predicted octanol–water partition coefficient (Wildman–Crippen LogP) is 2.64. The molecule has 2 aromatic rings. The van der Waals surface area contributed by atoms with E-state index in [4.69, 9.17) is 9.47 Å². The third-order valence-electron chi connectivity index (χ3n) is 5.80. The van der Waals surface area contributed by atoms with Crippen molar-refractivity contribution in [2.75, 3.05) is 33.0 Å². The van der Waals surface area contributed by atoms with Gasteiger partial charge in [-0.1, -0.05) is 35.9 Å². The van der Waals surface area contributed by atoms with Crippen LogP contribution in [0.1, 0.15) is 36.1 Å². The molecule has 0 bridgehead atoms. The van der Waals surface area contributed by atoms with Gasteiger partial charge in [-0.25, -0.2) is 0 Å². The van der Waals surface area contributed by atoms with Crippen molar-refractivity contribution in [1.29, 1.82) is 0 Å². The molecular formula is C24H29N3O4. The van der Waals surface area contributed by atoms with E-state index in [0.29, 0.717) is 13.1 Å². The van der Waals surface area contributed by atoms with Crippen molar-refractivity contribution >= 4 is 11.8 Å². The van der Waals surface area contributed by atoms with E-state index in [1.807, 2.05) is 48.2 Å². The van der Waals surface area contributed by atoms with Crippen molar-refractivity contribution in [2.24, 2.45) is 0 Å². The smallest absolute Gasteiger partial charge is 0.231 e. The van der Waals surface area contributed by atoms with Gasteiger partial charge in [-0.3, -0.25) is 14.5 Å². The van der Waals surface area contributed by atoms with Gasteiger partial charge in [0.25, 0.3) is 0 Å². The molecule has 7 heteroatoms. The van der Waals surface area contributed by atoms with Crippen LogP contribution in [0.15, 0.2) is 42.5 Å². The maximum absolute atomic E-state index is 12.9. The quantitative estimate of drug-likeness (QED) is 0.774. The number of carbonyl (C=O) groups is 2. The zero-order valence-electron chi connectivity index (χ0n) is 18.1. The number of fused-ring (bicyclic) bond motifs is 1. The highest BCUT2D eigenvalue weighted by Crippen LogP contribution is 2.32. The molecular weight excluding hydrogens is 394 g/mol. The second-order valence-corrected chi connectivity index (χ2v) is 8.21. The Morgan fingerprint density at radius 1 is 1.00 bits per heavy atom. The molecule has 2 aliphatic heterocycles. The maximum Gasteiger partial charge on any atom is 0.231 e. The molecule has 1 saturated heterocycles. The predicted molar refractivity (Wildman–Crippen MR) is 117 cm³/mol. The molecule has 7 nitrogen and oxygen atoms in total. The van der Waals surface area contributed by atoms with Crippen molar-refractivity contribution in [3.8, 4) is 11.5 Å². The fourth-order valence-corrected chi connectivity index (χ4v) is 4.05. The van der Waals surface area contributed by atoms with Crippen molar-refractivity contribution in [3.63, 3.8) is 0 Å². The van der Waals surface area contributed by atoms with Crippen LogP contribution in [0.3, 0.4) is 0 Å². The van der Waals surface area contributed by atoms with Gasteiger partial charge in [-0.15, -0.1) is 0 Å². The summed E-state index contributed by atoms with van der Waals surface area (Å²) in [6, 6.07) is 13.7. The lowest BCUT2D eigenvalue weighted by Crippen LogP contribution is -2.49. The van der Waals surface area contributed by atoms with Crippen LogP contribution in [0.2, 0.25) is 0 Å². The fourth-order valence-electron chi connectivity index (χ4n) is 4.05. The first kappa shape index (κ1) is 21.2. The van der Waals surface area contributed by atoms with Crippen molar-refractivity contribution in [2.45, 2.75) is 32.9 Å². The number of ether oxygens (including phenoxy) is 2. The average molecular weight is 424 g/mol. The third-order valence-corrected chi connectivity index (χ3v) is 5.80. The summed E-state index contributed by atoms with van der Waals surface area (Å²) in [7, 11) is 0. The summed E-state index contributed by atoms with van der Waals surface area (Å²) in [6.07, 6.45) is 0.269. The summed E-state index contributed by atoms with van der Waals surface area (Å²) in [5.41, 5.74) is 3.28. The lowest BCUT2D eigenvalue weighted by atomic mass is 10.0. The first-order chi connectivity index (χ1) is 15.0. The van der Waals surface area contributed by atoms with E-state index >= 15 is 0 Å². The molecule has 2 aliphatic rings. The van der Waals surface area contributed by atoms with Crippen LogP contribution in [0.4, 0.5) is 0 Å². The largest absolute Gasteiger partial charge is 0.454 e. The Labute approximate surface area is 182 Å². The van der Waals surface area contributed by atoms with Crippen LogP contribution in [0.5, 0.6) is 11.5 Å². The topological polar surface area (TPSA) is 71.1 Å². The van der Waals surface area contributed by atoms with Crippen LogP contribution < -0.4 is 14.8 Å². The van der Waals surface area contributed by atoms with Gasteiger partial charge < -0.3 is 19.7 Å². The average Bonchev–Trinajstić information content (AvgIpc) is 3.22. The van der Waals surface area contributed by atoms with Crippen LogP contribution in [-0.2, 0) is 16.1 Å². The zero-order valence-corrected chi connectivity index (χ0v) is 18.1. The minimum absolute atomic E-state index is 0.0713. The van der Waals surface area contributed by atoms with Gasteiger partial charge in [0.15, 0.2) is 11.5 Å². The second-order valence-electron chi connectivity index (χ2n) is 8.21. The normalized spacial score (nSPS) is 16.8. The van der Waals surface area contributed by atoms with E-state index in [0.717, 1.165) is 42.3 Å². The van der Waals surface area contributed by atoms with Gasteiger partial charge in [0.1, 0.15) is 0 Å². The number of aryl methyl sites for hydroxylation is 1. The molecule has 0 radical (unpaired) electrons. The van der Waals surface area contributed by atoms with E-state index in [2.05, 4.69) is 16.3 Å². The van der Waals surface area contributed by atoms with Crippen LogP contribution in [-0.4, -0.2) is 54.6 Å². The summed E-state index contributed by atoms with van der Waals surface area (Å²) < 4.78 is 10.8. The molecule has 31 heavy (non-hydrogen) atoms. The number of rotatable bonds is 6. The first-order valence-corrected chi connectivity index (χ1v) is 10.7. The molecule has 1 N–H and O–H groups in total. The van der Waals surface area contributed by atoms with E-state index < -0.39 is 0 Å². The molecule has 1 unspecified atom stereocenters. The molecule has 4 rings (SSSR count). The molecule has 0 aromatic heterocycles. The van der Waals surface area contributed by atoms with Crippen LogP contribution in [0.25, 0.3) is 0 Å². The number of benzene rings is 2. The van der Waals surface area contributed by atoms with Crippen molar-refractivity contribution in [1.82, 2.24) is 15.1 Å². The van der Waals surface area contributed by atoms with Gasteiger partial charge in [0, 0.05) is 39.6 Å². The molecule has 1 atom stereocenters. The van der Waals surface area contributed by atoms with Gasteiger partial charge in [0.05, 0.1) is 12.5 Å². The number of piperazine rings is 1. The fraction of sp³-hybridized carbons (Fsp3) is 0.417. The van der Waals surface area contributed by atoms with Gasteiger partial charge in [-0.2, -0.15) is 0 Å². The SMILES string of the molecule is CC(=O)NC(CC(=O)N1CCN(Cc2ccc3c(c2)OCO3)CC1)c1ccc(C)cc1. The first-order valence-electron chi connectivity index (χ1n) is 10.7. The number of hydrogen-bond donors (Lipinski definition) is 1. The standard InChI is InChI=1S/C24H29N3O4/c1-17-3-6-20(7-4-17)21(25-18(2)28)14-24(29)27-11-9-26(10-12-27)15-19-5-8-22-23(13-19)31-16-30-22/h3-8,13,21H,9-12,14-16H2,1-2H3,(H,25,28). The second kappa shape index (κ2) is 9.39. The highest BCUT2D eigenvalue weighted by atomic mass is 16.7. The number of carbonyl (C=O) groups excluding carboxylic acids is 2. The number of amides is 2. The summed E-state index contributed by atoms with van der Waals surface area (Å²) in [5.74, 6) is 1.53. The molecule has 2 aromatic carbocycles. The Balaban J connectivity index is 1.31. The molecule has 1 fully saturated rings. The summed E-state index contributed by atoms with van der Waals surface area (Å²) in [6.45, 7) is 7.60. The number of nitrogens with one attached hydrogen (secondary N) is 1. The third kappa shape index (κ3) is 5.35.